The number of carbonyl (C=O) groups excluding carboxylic acids is 1. The number of ether oxygens (including phenoxy) is 1. The number of morpholine rings is 1. The smallest absolute Gasteiger partial charge is 0.255 e. The summed E-state index contributed by atoms with van der Waals surface area (Å²) in [5, 5.41) is 6.19. The molecule has 0 radical (unpaired) electrons. The van der Waals surface area contributed by atoms with E-state index in [1.807, 2.05) is 38.1 Å². The summed E-state index contributed by atoms with van der Waals surface area (Å²) in [6, 6.07) is 11.2. The molecule has 160 valence electrons. The van der Waals surface area contributed by atoms with Crippen molar-refractivity contribution in [1.82, 2.24) is 15.0 Å². The third kappa shape index (κ3) is 4.97. The summed E-state index contributed by atoms with van der Waals surface area (Å²) in [5.41, 5.74) is 4.09. The second-order valence-electron chi connectivity index (χ2n) is 7.28. The molecule has 1 aliphatic heterocycles. The van der Waals surface area contributed by atoms with E-state index in [1.54, 1.807) is 24.5 Å². The number of aryl methyl sites for hydroxylation is 1. The summed E-state index contributed by atoms with van der Waals surface area (Å²) >= 11 is 0. The second kappa shape index (κ2) is 9.53. The van der Waals surface area contributed by atoms with Gasteiger partial charge in [0.25, 0.3) is 5.91 Å². The van der Waals surface area contributed by atoms with Crippen molar-refractivity contribution in [2.24, 2.45) is 0 Å². The number of nitrogens with one attached hydrogen (secondary N) is 2. The lowest BCUT2D eigenvalue weighted by atomic mass is 10.0. The molecule has 0 atom stereocenters. The van der Waals surface area contributed by atoms with E-state index in [0.29, 0.717) is 30.4 Å². The van der Waals surface area contributed by atoms with Gasteiger partial charge in [-0.05, 0) is 43.7 Å². The van der Waals surface area contributed by atoms with Crippen LogP contribution in [0.2, 0.25) is 0 Å². The van der Waals surface area contributed by atoms with Gasteiger partial charge in [0.05, 0.1) is 18.9 Å². The topological polar surface area (TPSA) is 92.3 Å². The van der Waals surface area contributed by atoms with Gasteiger partial charge in [-0.3, -0.25) is 9.78 Å². The highest BCUT2D eigenvalue weighted by Crippen LogP contribution is 2.29. The van der Waals surface area contributed by atoms with Gasteiger partial charge in [-0.25, -0.2) is 4.98 Å². The Morgan fingerprint density at radius 1 is 1.10 bits per heavy atom. The Kier molecular flexibility index (Phi) is 6.37. The van der Waals surface area contributed by atoms with Gasteiger partial charge in [0.2, 0.25) is 5.95 Å². The molecule has 0 aliphatic carbocycles. The zero-order valence-corrected chi connectivity index (χ0v) is 17.8. The first-order chi connectivity index (χ1) is 15.1. The third-order valence-electron chi connectivity index (χ3n) is 5.10. The monoisotopic (exact) mass is 418 g/mol. The van der Waals surface area contributed by atoms with E-state index in [1.165, 1.54) is 0 Å². The largest absolute Gasteiger partial charge is 0.378 e. The molecule has 8 heteroatoms. The van der Waals surface area contributed by atoms with Crippen LogP contribution in [-0.2, 0) is 4.74 Å². The van der Waals surface area contributed by atoms with Gasteiger partial charge in [-0.1, -0.05) is 6.07 Å². The fourth-order valence-corrected chi connectivity index (χ4v) is 3.45. The second-order valence-corrected chi connectivity index (χ2v) is 7.28. The van der Waals surface area contributed by atoms with Crippen LogP contribution in [0.5, 0.6) is 0 Å². The Morgan fingerprint density at radius 3 is 2.61 bits per heavy atom. The molecule has 3 aromatic rings. The number of anilines is 3. The molecule has 8 nitrogen and oxygen atoms in total. The van der Waals surface area contributed by atoms with E-state index < -0.39 is 0 Å². The van der Waals surface area contributed by atoms with E-state index >= 15 is 0 Å². The van der Waals surface area contributed by atoms with Gasteiger partial charge in [0.1, 0.15) is 5.82 Å². The maximum atomic E-state index is 12.6. The summed E-state index contributed by atoms with van der Waals surface area (Å²) in [7, 11) is 0. The van der Waals surface area contributed by atoms with Gasteiger partial charge in [0.15, 0.2) is 0 Å². The Morgan fingerprint density at radius 2 is 1.87 bits per heavy atom. The van der Waals surface area contributed by atoms with E-state index in [2.05, 4.69) is 25.5 Å². The normalized spacial score (nSPS) is 13.7. The summed E-state index contributed by atoms with van der Waals surface area (Å²) in [6.07, 6.45) is 3.21. The number of hydrogen-bond donors (Lipinski definition) is 2. The van der Waals surface area contributed by atoms with Crippen LogP contribution in [0.4, 0.5) is 17.5 Å². The average Bonchev–Trinajstić information content (AvgIpc) is 2.81. The van der Waals surface area contributed by atoms with Crippen LogP contribution in [0.25, 0.3) is 11.3 Å². The molecule has 1 fully saturated rings. The van der Waals surface area contributed by atoms with Crippen LogP contribution in [0.3, 0.4) is 0 Å². The summed E-state index contributed by atoms with van der Waals surface area (Å²) in [4.78, 5) is 28.1. The van der Waals surface area contributed by atoms with Gasteiger partial charge in [0, 0.05) is 54.9 Å². The van der Waals surface area contributed by atoms with Crippen LogP contribution in [-0.4, -0.2) is 53.7 Å². The van der Waals surface area contributed by atoms with E-state index in [9.17, 15) is 4.79 Å². The van der Waals surface area contributed by atoms with Crippen molar-refractivity contribution < 1.29 is 9.53 Å². The molecule has 1 aromatic carbocycles. The van der Waals surface area contributed by atoms with Crippen LogP contribution in [0.1, 0.15) is 22.8 Å². The molecule has 2 N–H and O–H groups in total. The number of pyridine rings is 1. The fourth-order valence-electron chi connectivity index (χ4n) is 3.45. The highest BCUT2D eigenvalue weighted by atomic mass is 16.5. The zero-order chi connectivity index (χ0) is 21.6. The van der Waals surface area contributed by atoms with Gasteiger partial charge in [-0.2, -0.15) is 4.98 Å². The molecular weight excluding hydrogens is 392 g/mol. The molecule has 4 rings (SSSR count). The highest BCUT2D eigenvalue weighted by Gasteiger charge is 2.17. The van der Waals surface area contributed by atoms with Crippen molar-refractivity contribution in [1.29, 1.82) is 0 Å². The lowest BCUT2D eigenvalue weighted by Crippen LogP contribution is -2.37. The predicted octanol–water partition coefficient (Wildman–Crippen LogP) is 3.37. The molecule has 31 heavy (non-hydrogen) atoms. The average molecular weight is 419 g/mol. The quantitative estimate of drug-likeness (QED) is 0.634. The van der Waals surface area contributed by atoms with Crippen LogP contribution >= 0.6 is 0 Å². The minimum Gasteiger partial charge on any atom is -0.378 e. The summed E-state index contributed by atoms with van der Waals surface area (Å²) in [5.74, 6) is 1.28. The first kappa shape index (κ1) is 20.7. The lowest BCUT2D eigenvalue weighted by molar-refractivity contribution is 0.102. The number of aromatic nitrogens is 3. The van der Waals surface area contributed by atoms with Crippen molar-refractivity contribution in [3.63, 3.8) is 0 Å². The molecule has 1 aliphatic rings. The van der Waals surface area contributed by atoms with E-state index in [0.717, 1.165) is 42.3 Å². The lowest BCUT2D eigenvalue weighted by Gasteiger charge is -2.28. The number of benzene rings is 1. The molecular formula is C23H26N6O2. The number of carbonyl (C=O) groups is 1. The van der Waals surface area contributed by atoms with Gasteiger partial charge < -0.3 is 20.3 Å². The Labute approximate surface area is 181 Å². The van der Waals surface area contributed by atoms with Gasteiger partial charge >= 0.3 is 0 Å². The number of nitrogens with zero attached hydrogens (tertiary/aromatic N) is 4. The molecule has 0 bridgehead atoms. The highest BCUT2D eigenvalue weighted by molar-refractivity contribution is 6.04. The van der Waals surface area contributed by atoms with Gasteiger partial charge in [-0.15, -0.1) is 0 Å². The number of amides is 1. The Hall–Kier alpha value is -3.52. The van der Waals surface area contributed by atoms with Crippen LogP contribution in [0, 0.1) is 6.92 Å². The minimum atomic E-state index is -0.178. The molecule has 3 heterocycles. The van der Waals surface area contributed by atoms with Crippen molar-refractivity contribution in [3.05, 3.63) is 59.9 Å². The molecule has 0 unspecified atom stereocenters. The van der Waals surface area contributed by atoms with Crippen molar-refractivity contribution in [2.75, 3.05) is 48.4 Å². The molecule has 1 saturated heterocycles. The first-order valence-electron chi connectivity index (χ1n) is 10.4. The van der Waals surface area contributed by atoms with E-state index in [4.69, 9.17) is 9.72 Å². The van der Waals surface area contributed by atoms with Crippen molar-refractivity contribution in [2.45, 2.75) is 13.8 Å². The van der Waals surface area contributed by atoms with Crippen LogP contribution in [0.15, 0.2) is 48.8 Å². The van der Waals surface area contributed by atoms with E-state index in [-0.39, 0.29) is 5.91 Å². The summed E-state index contributed by atoms with van der Waals surface area (Å²) < 4.78 is 5.48. The SMILES string of the molecule is CCNc1nc(-c2cc(NC(=O)c3ccncc3)ccc2C)cc(N2CCOCC2)n1. The Balaban J connectivity index is 1.67. The number of rotatable bonds is 6. The molecule has 0 saturated carbocycles. The fraction of sp³-hybridized carbons (Fsp3) is 0.304. The third-order valence-corrected chi connectivity index (χ3v) is 5.10. The zero-order valence-electron chi connectivity index (χ0n) is 17.8. The maximum absolute atomic E-state index is 12.6. The molecule has 0 spiro atoms. The number of hydrogen-bond acceptors (Lipinski definition) is 7. The molecule has 2 aromatic heterocycles. The first-order valence-corrected chi connectivity index (χ1v) is 10.4. The summed E-state index contributed by atoms with van der Waals surface area (Å²) in [6.45, 7) is 7.74. The minimum absolute atomic E-state index is 0.178. The molecule has 1 amide bonds. The predicted molar refractivity (Wildman–Crippen MR) is 122 cm³/mol. The van der Waals surface area contributed by atoms with Crippen molar-refractivity contribution in [3.8, 4) is 11.3 Å². The maximum Gasteiger partial charge on any atom is 0.255 e. The van der Waals surface area contributed by atoms with Crippen LogP contribution < -0.4 is 15.5 Å². The Bertz CT molecular complexity index is 1050. The van der Waals surface area contributed by atoms with Crippen molar-refractivity contribution >= 4 is 23.4 Å². The standard InChI is InChI=1S/C23H26N6O2/c1-3-25-23-27-20(15-21(28-23)29-10-12-31-13-11-29)19-14-18(5-4-16(19)2)26-22(30)17-6-8-24-9-7-17/h4-9,14-15H,3,10-13H2,1-2H3,(H,26,30)(H,25,27,28).